The second-order valence-corrected chi connectivity index (χ2v) is 6.60. The Morgan fingerprint density at radius 2 is 1.93 bits per heavy atom. The summed E-state index contributed by atoms with van der Waals surface area (Å²) >= 11 is 0. The summed E-state index contributed by atoms with van der Waals surface area (Å²) in [7, 11) is 3.47. The number of hydrogen-bond acceptors (Lipinski definition) is 8. The highest BCUT2D eigenvalue weighted by Crippen LogP contribution is 2.27. The normalized spacial score (nSPS) is 11.0. The second-order valence-electron chi connectivity index (χ2n) is 6.60. The molecule has 3 rings (SSSR count). The minimum atomic E-state index is 0.520. The zero-order valence-electron chi connectivity index (χ0n) is 17.6. The molecule has 9 heteroatoms. The van der Waals surface area contributed by atoms with Gasteiger partial charge in [0.25, 0.3) is 0 Å². The fourth-order valence-electron chi connectivity index (χ4n) is 2.99. The largest absolute Gasteiger partial charge is 0.494 e. The van der Waals surface area contributed by atoms with Crippen LogP contribution in [0, 0.1) is 6.92 Å². The molecule has 0 bridgehead atoms. The molecule has 2 N–H and O–H groups in total. The summed E-state index contributed by atoms with van der Waals surface area (Å²) in [5.41, 5.74) is 3.40. The van der Waals surface area contributed by atoms with Gasteiger partial charge in [-0.3, -0.25) is 4.90 Å². The van der Waals surface area contributed by atoms with E-state index in [4.69, 9.17) is 4.74 Å². The van der Waals surface area contributed by atoms with Gasteiger partial charge in [0, 0.05) is 31.0 Å². The predicted octanol–water partition coefficient (Wildman–Crippen LogP) is 3.00. The van der Waals surface area contributed by atoms with E-state index < -0.39 is 0 Å². The molecule has 0 atom stereocenters. The van der Waals surface area contributed by atoms with Crippen molar-refractivity contribution in [3.8, 4) is 11.4 Å². The first-order chi connectivity index (χ1) is 14.1. The Labute approximate surface area is 171 Å². The molecule has 0 fully saturated rings. The Balaban J connectivity index is 1.88. The highest BCUT2D eigenvalue weighted by atomic mass is 16.5. The molecular weight excluding hydrogens is 368 g/mol. The summed E-state index contributed by atoms with van der Waals surface area (Å²) < 4.78 is 7.26. The van der Waals surface area contributed by atoms with Gasteiger partial charge in [0.2, 0.25) is 5.95 Å². The molecule has 2 heterocycles. The number of hydrogen-bond donors (Lipinski definition) is 2. The van der Waals surface area contributed by atoms with Gasteiger partial charge in [-0.05, 0) is 38.2 Å². The third-order valence-corrected chi connectivity index (χ3v) is 4.61. The minimum absolute atomic E-state index is 0.520. The van der Waals surface area contributed by atoms with Crippen molar-refractivity contribution < 1.29 is 4.74 Å². The van der Waals surface area contributed by atoms with Gasteiger partial charge < -0.3 is 15.4 Å². The maximum Gasteiger partial charge on any atom is 0.229 e. The predicted molar refractivity (Wildman–Crippen MR) is 114 cm³/mol. The number of aryl methyl sites for hydroxylation is 1. The van der Waals surface area contributed by atoms with Crippen LogP contribution in [0.5, 0.6) is 5.75 Å². The third kappa shape index (κ3) is 5.00. The number of nitrogens with zero attached hydrogens (tertiary/aromatic N) is 6. The van der Waals surface area contributed by atoms with Crippen LogP contribution >= 0.6 is 0 Å². The third-order valence-electron chi connectivity index (χ3n) is 4.61. The van der Waals surface area contributed by atoms with Gasteiger partial charge in [0.05, 0.1) is 19.0 Å². The molecule has 154 valence electrons. The Morgan fingerprint density at radius 3 is 2.62 bits per heavy atom. The summed E-state index contributed by atoms with van der Waals surface area (Å²) in [6, 6.07) is 7.63. The molecular formula is C20H28N8O. The van der Waals surface area contributed by atoms with E-state index in [1.165, 1.54) is 0 Å². The second kappa shape index (κ2) is 9.33. The van der Waals surface area contributed by atoms with Crippen LogP contribution in [0.15, 0.2) is 30.5 Å². The van der Waals surface area contributed by atoms with Crippen molar-refractivity contribution in [3.63, 3.8) is 0 Å². The van der Waals surface area contributed by atoms with Crippen LogP contribution < -0.4 is 15.4 Å². The highest BCUT2D eigenvalue weighted by molar-refractivity contribution is 5.62. The molecule has 0 aliphatic heterocycles. The van der Waals surface area contributed by atoms with Gasteiger partial charge in [-0.2, -0.15) is 4.98 Å². The van der Waals surface area contributed by atoms with Crippen molar-refractivity contribution in [2.24, 2.45) is 0 Å². The quantitative estimate of drug-likeness (QED) is 0.570. The first kappa shape index (κ1) is 20.5. The lowest BCUT2D eigenvalue weighted by Crippen LogP contribution is -2.22. The van der Waals surface area contributed by atoms with E-state index in [9.17, 15) is 0 Å². The van der Waals surface area contributed by atoms with Crippen LogP contribution in [-0.4, -0.2) is 57.1 Å². The van der Waals surface area contributed by atoms with Gasteiger partial charge in [-0.1, -0.05) is 19.1 Å². The average Bonchev–Trinajstić information content (AvgIpc) is 3.20. The fraction of sp³-hybridized carbons (Fsp3) is 0.400. The molecule has 0 aliphatic carbocycles. The van der Waals surface area contributed by atoms with Crippen LogP contribution in [0.1, 0.15) is 25.2 Å². The lowest BCUT2D eigenvalue weighted by molar-refractivity contribution is 0.292. The Morgan fingerprint density at radius 1 is 1.14 bits per heavy atom. The summed E-state index contributed by atoms with van der Waals surface area (Å²) in [4.78, 5) is 11.2. The number of anilines is 3. The molecule has 3 aromatic rings. The van der Waals surface area contributed by atoms with Crippen LogP contribution in [0.2, 0.25) is 0 Å². The van der Waals surface area contributed by atoms with E-state index in [0.717, 1.165) is 48.2 Å². The first-order valence-electron chi connectivity index (χ1n) is 9.68. The SMILES string of the molecule is CCN(CC)Cc1cn(-c2cc(Nc3nc(C)cc(NC)n3)ccc2OC)nn1. The van der Waals surface area contributed by atoms with E-state index in [-0.39, 0.29) is 0 Å². The highest BCUT2D eigenvalue weighted by Gasteiger charge is 2.12. The minimum Gasteiger partial charge on any atom is -0.494 e. The van der Waals surface area contributed by atoms with Crippen molar-refractivity contribution in [3.05, 3.63) is 41.9 Å². The van der Waals surface area contributed by atoms with Gasteiger partial charge in [-0.15, -0.1) is 5.10 Å². The Hall–Kier alpha value is -3.20. The maximum absolute atomic E-state index is 5.53. The number of nitrogens with one attached hydrogen (secondary N) is 2. The summed E-state index contributed by atoms with van der Waals surface area (Å²) in [6.07, 6.45) is 1.93. The number of aromatic nitrogens is 5. The summed E-state index contributed by atoms with van der Waals surface area (Å²) in [5, 5.41) is 14.9. The molecule has 2 aromatic heterocycles. The smallest absolute Gasteiger partial charge is 0.229 e. The van der Waals surface area contributed by atoms with Gasteiger partial charge in [-0.25, -0.2) is 9.67 Å². The molecule has 9 nitrogen and oxygen atoms in total. The topological polar surface area (TPSA) is 93.0 Å². The van der Waals surface area contributed by atoms with E-state index in [1.807, 2.05) is 44.4 Å². The molecule has 0 amide bonds. The average molecular weight is 396 g/mol. The molecule has 0 unspecified atom stereocenters. The fourth-order valence-corrected chi connectivity index (χ4v) is 2.99. The van der Waals surface area contributed by atoms with Crippen molar-refractivity contribution in [2.75, 3.05) is 37.9 Å². The summed E-state index contributed by atoms with van der Waals surface area (Å²) in [6.45, 7) is 8.91. The lowest BCUT2D eigenvalue weighted by Gasteiger charge is -2.15. The van der Waals surface area contributed by atoms with Gasteiger partial charge >= 0.3 is 0 Å². The summed E-state index contributed by atoms with van der Waals surface area (Å²) in [5.74, 6) is 1.98. The van der Waals surface area contributed by atoms with Crippen LogP contribution in [0.4, 0.5) is 17.5 Å². The number of rotatable bonds is 9. The van der Waals surface area contributed by atoms with Crippen molar-refractivity contribution in [1.82, 2.24) is 29.9 Å². The standard InChI is InChI=1S/C20H28N8O/c1-6-27(7-2)12-16-13-28(26-25-16)17-11-15(8-9-18(17)29-5)23-20-22-14(3)10-19(21-4)24-20/h8-11,13H,6-7,12H2,1-5H3,(H2,21,22,23,24). The van der Waals surface area contributed by atoms with Crippen LogP contribution in [0.3, 0.4) is 0 Å². The van der Waals surface area contributed by atoms with E-state index in [1.54, 1.807) is 11.8 Å². The lowest BCUT2D eigenvalue weighted by atomic mass is 10.2. The van der Waals surface area contributed by atoms with E-state index in [0.29, 0.717) is 11.7 Å². The number of ether oxygens (including phenoxy) is 1. The molecule has 0 aliphatic rings. The van der Waals surface area contributed by atoms with Crippen molar-refractivity contribution >= 4 is 17.5 Å². The first-order valence-corrected chi connectivity index (χ1v) is 9.68. The van der Waals surface area contributed by atoms with Crippen molar-refractivity contribution in [2.45, 2.75) is 27.3 Å². The maximum atomic E-state index is 5.53. The molecule has 0 saturated carbocycles. The van der Waals surface area contributed by atoms with Crippen LogP contribution in [0.25, 0.3) is 5.69 Å². The Bertz CT molecular complexity index is 951. The molecule has 1 aromatic carbocycles. The van der Waals surface area contributed by atoms with Gasteiger partial charge in [0.1, 0.15) is 17.3 Å². The zero-order valence-corrected chi connectivity index (χ0v) is 17.6. The molecule has 29 heavy (non-hydrogen) atoms. The monoisotopic (exact) mass is 396 g/mol. The van der Waals surface area contributed by atoms with Crippen molar-refractivity contribution in [1.29, 1.82) is 0 Å². The van der Waals surface area contributed by atoms with E-state index in [2.05, 4.69) is 49.7 Å². The van der Waals surface area contributed by atoms with E-state index >= 15 is 0 Å². The molecule has 0 radical (unpaired) electrons. The number of benzene rings is 1. The zero-order chi connectivity index (χ0) is 20.8. The Kier molecular flexibility index (Phi) is 6.61. The molecule has 0 saturated heterocycles. The van der Waals surface area contributed by atoms with Gasteiger partial charge in [0.15, 0.2) is 0 Å². The van der Waals surface area contributed by atoms with Crippen LogP contribution in [-0.2, 0) is 6.54 Å². The molecule has 0 spiro atoms. The number of methoxy groups -OCH3 is 1.